The third-order valence-corrected chi connectivity index (χ3v) is 3.48. The van der Waals surface area contributed by atoms with E-state index in [1.807, 2.05) is 0 Å². The minimum Gasteiger partial charge on any atom is -0.481 e. The third-order valence-electron chi connectivity index (χ3n) is 2.34. The number of hydrogen-bond donors (Lipinski definition) is 3. The highest BCUT2D eigenvalue weighted by Gasteiger charge is 2.38. The Morgan fingerprint density at radius 2 is 2.18 bits per heavy atom. The summed E-state index contributed by atoms with van der Waals surface area (Å²) in [5.74, 6) is -2.15. The molecular formula is C10H14N2O4S. The van der Waals surface area contributed by atoms with Crippen molar-refractivity contribution >= 4 is 23.3 Å². The zero-order chi connectivity index (χ0) is 13.1. The highest BCUT2D eigenvalue weighted by atomic mass is 32.1. The van der Waals surface area contributed by atoms with E-state index >= 15 is 0 Å². The van der Waals surface area contributed by atoms with Crippen LogP contribution in [0, 0.1) is 6.92 Å². The van der Waals surface area contributed by atoms with Crippen LogP contribution < -0.4 is 5.73 Å². The summed E-state index contributed by atoms with van der Waals surface area (Å²) in [5, 5.41) is 19.7. The topological polar surface area (TPSA) is 114 Å². The molecule has 0 saturated heterocycles. The second kappa shape index (κ2) is 5.24. The van der Waals surface area contributed by atoms with Crippen molar-refractivity contribution in [2.75, 3.05) is 0 Å². The molecule has 0 aliphatic rings. The highest BCUT2D eigenvalue weighted by Crippen LogP contribution is 2.27. The Hall–Kier alpha value is -1.47. The predicted octanol–water partition coefficient (Wildman–Crippen LogP) is 0.945. The molecule has 1 aromatic rings. The van der Waals surface area contributed by atoms with Crippen molar-refractivity contribution in [2.45, 2.75) is 31.7 Å². The summed E-state index contributed by atoms with van der Waals surface area (Å²) < 4.78 is 0. The number of thiazole rings is 1. The van der Waals surface area contributed by atoms with E-state index in [0.29, 0.717) is 10.7 Å². The number of aryl methyl sites for hydroxylation is 1. The summed E-state index contributed by atoms with van der Waals surface area (Å²) in [4.78, 5) is 25.7. The van der Waals surface area contributed by atoms with Crippen molar-refractivity contribution in [3.8, 4) is 0 Å². The third kappa shape index (κ3) is 3.24. The van der Waals surface area contributed by atoms with Crippen LogP contribution in [0.25, 0.3) is 0 Å². The molecule has 17 heavy (non-hydrogen) atoms. The van der Waals surface area contributed by atoms with Crippen molar-refractivity contribution in [3.05, 3.63) is 16.1 Å². The molecule has 0 radical (unpaired) electrons. The fraction of sp³-hybridized carbons (Fsp3) is 0.500. The lowest BCUT2D eigenvalue weighted by Crippen LogP contribution is -2.44. The van der Waals surface area contributed by atoms with Crippen LogP contribution in [0.15, 0.2) is 5.38 Å². The number of aromatic nitrogens is 1. The first-order valence-corrected chi connectivity index (χ1v) is 5.91. The first-order chi connectivity index (χ1) is 7.86. The van der Waals surface area contributed by atoms with Gasteiger partial charge in [0.15, 0.2) is 5.54 Å². The summed E-state index contributed by atoms with van der Waals surface area (Å²) in [7, 11) is 0. The van der Waals surface area contributed by atoms with Crippen molar-refractivity contribution in [1.29, 1.82) is 0 Å². The minimum atomic E-state index is -1.59. The van der Waals surface area contributed by atoms with Gasteiger partial charge in [0, 0.05) is 17.5 Å². The second-order valence-electron chi connectivity index (χ2n) is 3.82. The van der Waals surface area contributed by atoms with E-state index in [2.05, 4.69) is 4.98 Å². The molecule has 94 valence electrons. The average molecular weight is 258 g/mol. The van der Waals surface area contributed by atoms with Crippen LogP contribution in [-0.2, 0) is 15.1 Å². The molecule has 1 heterocycles. The monoisotopic (exact) mass is 258 g/mol. The molecule has 1 rings (SSSR count). The van der Waals surface area contributed by atoms with Gasteiger partial charge in [0.1, 0.15) is 5.01 Å². The van der Waals surface area contributed by atoms with Gasteiger partial charge in [0.25, 0.3) is 0 Å². The summed E-state index contributed by atoms with van der Waals surface area (Å²) in [6.45, 7) is 1.75. The van der Waals surface area contributed by atoms with Crippen LogP contribution in [0.1, 0.15) is 30.0 Å². The largest absolute Gasteiger partial charge is 0.481 e. The number of hydrogen-bond acceptors (Lipinski definition) is 5. The fourth-order valence-electron chi connectivity index (χ4n) is 1.38. The van der Waals surface area contributed by atoms with Gasteiger partial charge in [-0.3, -0.25) is 4.79 Å². The van der Waals surface area contributed by atoms with Crippen LogP contribution in [0.3, 0.4) is 0 Å². The van der Waals surface area contributed by atoms with E-state index in [4.69, 9.17) is 15.9 Å². The number of nitrogens with two attached hydrogens (primary N) is 1. The van der Waals surface area contributed by atoms with Crippen LogP contribution in [0.5, 0.6) is 0 Å². The van der Waals surface area contributed by atoms with E-state index in [0.717, 1.165) is 0 Å². The number of nitrogens with zero attached hydrogens (tertiary/aromatic N) is 1. The van der Waals surface area contributed by atoms with Crippen molar-refractivity contribution in [3.63, 3.8) is 0 Å². The Bertz CT molecular complexity index is 432. The first-order valence-electron chi connectivity index (χ1n) is 5.03. The summed E-state index contributed by atoms with van der Waals surface area (Å²) in [6.07, 6.45) is 0.162. The summed E-state index contributed by atoms with van der Waals surface area (Å²) >= 11 is 1.18. The zero-order valence-electron chi connectivity index (χ0n) is 9.34. The molecule has 0 amide bonds. The van der Waals surface area contributed by atoms with Gasteiger partial charge in [0.2, 0.25) is 0 Å². The van der Waals surface area contributed by atoms with E-state index in [-0.39, 0.29) is 19.3 Å². The number of carboxylic acids is 2. The SMILES string of the molecule is Cc1csc(C(N)(CCCC(=O)O)C(=O)O)n1. The van der Waals surface area contributed by atoms with Crippen LogP contribution >= 0.6 is 11.3 Å². The molecular weight excluding hydrogens is 244 g/mol. The Kier molecular flexibility index (Phi) is 4.19. The molecule has 0 fully saturated rings. The summed E-state index contributed by atoms with van der Waals surface area (Å²) in [5.41, 5.74) is 4.94. The lowest BCUT2D eigenvalue weighted by molar-refractivity contribution is -0.145. The van der Waals surface area contributed by atoms with Gasteiger partial charge in [0.05, 0.1) is 0 Å². The van der Waals surface area contributed by atoms with Crippen molar-refractivity contribution in [1.82, 2.24) is 4.98 Å². The van der Waals surface area contributed by atoms with E-state index in [1.54, 1.807) is 12.3 Å². The van der Waals surface area contributed by atoms with Crippen LogP contribution in [0.2, 0.25) is 0 Å². The molecule has 0 bridgehead atoms. The van der Waals surface area contributed by atoms with Gasteiger partial charge in [-0.25, -0.2) is 9.78 Å². The number of aliphatic carboxylic acids is 2. The molecule has 1 aromatic heterocycles. The molecule has 1 unspecified atom stereocenters. The van der Waals surface area contributed by atoms with Crippen molar-refractivity contribution in [2.24, 2.45) is 5.73 Å². The Balaban J connectivity index is 2.83. The first kappa shape index (κ1) is 13.6. The molecule has 0 saturated carbocycles. The minimum absolute atomic E-state index is 0.0571. The van der Waals surface area contributed by atoms with Crippen LogP contribution in [-0.4, -0.2) is 27.1 Å². The maximum Gasteiger partial charge on any atom is 0.330 e. The van der Waals surface area contributed by atoms with Gasteiger partial charge in [-0.15, -0.1) is 11.3 Å². The summed E-state index contributed by atoms with van der Waals surface area (Å²) in [6, 6.07) is 0. The molecule has 7 heteroatoms. The quantitative estimate of drug-likeness (QED) is 0.700. The van der Waals surface area contributed by atoms with Crippen LogP contribution in [0.4, 0.5) is 0 Å². The molecule has 4 N–H and O–H groups in total. The zero-order valence-corrected chi connectivity index (χ0v) is 10.2. The lowest BCUT2D eigenvalue weighted by atomic mass is 9.94. The molecule has 1 atom stereocenters. The Morgan fingerprint density at radius 1 is 1.53 bits per heavy atom. The average Bonchev–Trinajstić information content (AvgIpc) is 2.64. The van der Waals surface area contributed by atoms with E-state index < -0.39 is 17.5 Å². The maximum absolute atomic E-state index is 11.2. The smallest absolute Gasteiger partial charge is 0.330 e. The number of rotatable bonds is 6. The lowest BCUT2D eigenvalue weighted by Gasteiger charge is -2.21. The standard InChI is InChI=1S/C10H14N2O4S/c1-6-5-17-8(12-6)10(11,9(15)16)4-2-3-7(13)14/h5H,2-4,11H2,1H3,(H,13,14)(H,15,16). The normalized spacial score (nSPS) is 14.2. The number of carboxylic acid groups (broad SMARTS) is 2. The van der Waals surface area contributed by atoms with Gasteiger partial charge in [-0.2, -0.15) is 0 Å². The van der Waals surface area contributed by atoms with E-state index in [9.17, 15) is 9.59 Å². The Labute approximate surface area is 102 Å². The van der Waals surface area contributed by atoms with Gasteiger partial charge < -0.3 is 15.9 Å². The second-order valence-corrected chi connectivity index (χ2v) is 4.68. The highest BCUT2D eigenvalue weighted by molar-refractivity contribution is 7.10. The Morgan fingerprint density at radius 3 is 2.59 bits per heavy atom. The molecule has 0 aliphatic carbocycles. The number of carbonyl (C=O) groups is 2. The van der Waals surface area contributed by atoms with Gasteiger partial charge >= 0.3 is 11.9 Å². The molecule has 0 aromatic carbocycles. The molecule has 0 aliphatic heterocycles. The van der Waals surface area contributed by atoms with Crippen molar-refractivity contribution < 1.29 is 19.8 Å². The fourth-order valence-corrected chi connectivity index (χ4v) is 2.31. The predicted molar refractivity (Wildman–Crippen MR) is 61.8 cm³/mol. The molecule has 6 nitrogen and oxygen atoms in total. The van der Waals surface area contributed by atoms with E-state index in [1.165, 1.54) is 11.3 Å². The van der Waals surface area contributed by atoms with Gasteiger partial charge in [-0.05, 0) is 19.8 Å². The maximum atomic E-state index is 11.2. The van der Waals surface area contributed by atoms with Gasteiger partial charge in [-0.1, -0.05) is 0 Å². The molecule has 0 spiro atoms.